The number of carbonyl (C=O) groups excluding carboxylic acids is 2. The maximum absolute atomic E-state index is 11.8. The molecule has 0 bridgehead atoms. The second-order valence-electron chi connectivity index (χ2n) is 4.46. The molecule has 2 rings (SSSR count). The molecule has 0 saturated carbocycles. The van der Waals surface area contributed by atoms with E-state index in [4.69, 9.17) is 0 Å². The zero-order valence-electron chi connectivity index (χ0n) is 11.9. The molecule has 2 heterocycles. The highest BCUT2D eigenvalue weighted by Gasteiger charge is 2.08. The molecule has 0 aliphatic carbocycles. The Hall–Kier alpha value is -2.70. The summed E-state index contributed by atoms with van der Waals surface area (Å²) in [7, 11) is 1.29. The SMILES string of the molecule is COC(=O)/C=C/CNC(=O)Cn1ncc2cc(C)cnc21. The first-order valence-electron chi connectivity index (χ1n) is 6.39. The Balaban J connectivity index is 1.93. The molecule has 0 aliphatic heterocycles. The van der Waals surface area contributed by atoms with Crippen LogP contribution in [0.15, 0.2) is 30.6 Å². The average molecular weight is 288 g/mol. The van der Waals surface area contributed by atoms with Gasteiger partial charge in [-0.2, -0.15) is 5.10 Å². The number of hydrogen-bond donors (Lipinski definition) is 1. The Labute approximate surface area is 121 Å². The molecule has 2 aromatic rings. The summed E-state index contributed by atoms with van der Waals surface area (Å²) >= 11 is 0. The quantitative estimate of drug-likeness (QED) is 0.642. The zero-order chi connectivity index (χ0) is 15.2. The van der Waals surface area contributed by atoms with Crippen molar-refractivity contribution in [2.45, 2.75) is 13.5 Å². The topological polar surface area (TPSA) is 86.1 Å². The maximum atomic E-state index is 11.8. The molecule has 0 unspecified atom stereocenters. The molecule has 1 N–H and O–H groups in total. The van der Waals surface area contributed by atoms with Crippen molar-refractivity contribution in [2.75, 3.05) is 13.7 Å². The van der Waals surface area contributed by atoms with Crippen LogP contribution in [0.3, 0.4) is 0 Å². The van der Waals surface area contributed by atoms with Crippen LogP contribution in [-0.4, -0.2) is 40.3 Å². The number of aromatic nitrogens is 3. The Morgan fingerprint density at radius 3 is 3.00 bits per heavy atom. The normalized spacial score (nSPS) is 11.0. The molecule has 21 heavy (non-hydrogen) atoms. The highest BCUT2D eigenvalue weighted by Crippen LogP contribution is 2.11. The lowest BCUT2D eigenvalue weighted by atomic mass is 10.3. The van der Waals surface area contributed by atoms with Gasteiger partial charge in [0.2, 0.25) is 5.91 Å². The van der Waals surface area contributed by atoms with Crippen LogP contribution in [0.4, 0.5) is 0 Å². The number of rotatable bonds is 5. The van der Waals surface area contributed by atoms with Crippen molar-refractivity contribution in [3.63, 3.8) is 0 Å². The fourth-order valence-corrected chi connectivity index (χ4v) is 1.79. The van der Waals surface area contributed by atoms with Crippen molar-refractivity contribution >= 4 is 22.9 Å². The van der Waals surface area contributed by atoms with Crippen molar-refractivity contribution in [3.05, 3.63) is 36.2 Å². The molecular formula is C14H16N4O3. The van der Waals surface area contributed by atoms with Crippen LogP contribution in [0.25, 0.3) is 11.0 Å². The monoisotopic (exact) mass is 288 g/mol. The van der Waals surface area contributed by atoms with Gasteiger partial charge in [0.15, 0.2) is 5.65 Å². The van der Waals surface area contributed by atoms with Gasteiger partial charge in [0.25, 0.3) is 0 Å². The minimum Gasteiger partial charge on any atom is -0.466 e. The van der Waals surface area contributed by atoms with Crippen LogP contribution in [-0.2, 0) is 20.9 Å². The van der Waals surface area contributed by atoms with Gasteiger partial charge in [-0.05, 0) is 18.6 Å². The molecule has 110 valence electrons. The van der Waals surface area contributed by atoms with E-state index in [1.165, 1.54) is 23.9 Å². The molecule has 0 aliphatic rings. The fraction of sp³-hybridized carbons (Fsp3) is 0.286. The molecule has 7 nitrogen and oxygen atoms in total. The molecule has 0 aromatic carbocycles. The third-order valence-electron chi connectivity index (χ3n) is 2.78. The molecule has 0 radical (unpaired) electrons. The Kier molecular flexibility index (Phi) is 4.65. The Morgan fingerprint density at radius 1 is 1.43 bits per heavy atom. The van der Waals surface area contributed by atoms with Gasteiger partial charge in [-0.25, -0.2) is 14.5 Å². The summed E-state index contributed by atoms with van der Waals surface area (Å²) in [5, 5.41) is 7.70. The summed E-state index contributed by atoms with van der Waals surface area (Å²) < 4.78 is 5.98. The first kappa shape index (κ1) is 14.7. The van der Waals surface area contributed by atoms with E-state index in [2.05, 4.69) is 20.1 Å². The highest BCUT2D eigenvalue weighted by atomic mass is 16.5. The molecule has 1 amide bonds. The van der Waals surface area contributed by atoms with Crippen molar-refractivity contribution in [2.24, 2.45) is 0 Å². The van der Waals surface area contributed by atoms with Gasteiger partial charge in [-0.1, -0.05) is 6.08 Å². The number of fused-ring (bicyclic) bond motifs is 1. The van der Waals surface area contributed by atoms with Crippen LogP contribution in [0.1, 0.15) is 5.56 Å². The molecule has 0 saturated heterocycles. The third kappa shape index (κ3) is 3.88. The number of hydrogen-bond acceptors (Lipinski definition) is 5. The van der Waals surface area contributed by atoms with E-state index in [1.807, 2.05) is 13.0 Å². The van der Waals surface area contributed by atoms with E-state index in [9.17, 15) is 9.59 Å². The van der Waals surface area contributed by atoms with Crippen LogP contribution in [0, 0.1) is 6.92 Å². The lowest BCUT2D eigenvalue weighted by molar-refractivity contribution is -0.134. The molecule has 0 fully saturated rings. The standard InChI is InChI=1S/C14H16N4O3/c1-10-6-11-8-17-18(14(11)16-7-10)9-12(19)15-5-3-4-13(20)21-2/h3-4,6-8H,5,9H2,1-2H3,(H,15,19)/b4-3+. The van der Waals surface area contributed by atoms with Crippen molar-refractivity contribution in [1.82, 2.24) is 20.1 Å². The van der Waals surface area contributed by atoms with E-state index in [-0.39, 0.29) is 19.0 Å². The van der Waals surface area contributed by atoms with E-state index in [0.717, 1.165) is 10.9 Å². The van der Waals surface area contributed by atoms with Crippen LogP contribution >= 0.6 is 0 Å². The van der Waals surface area contributed by atoms with Gasteiger partial charge in [-0.15, -0.1) is 0 Å². The lowest BCUT2D eigenvalue weighted by Crippen LogP contribution is -2.28. The van der Waals surface area contributed by atoms with Gasteiger partial charge >= 0.3 is 5.97 Å². The van der Waals surface area contributed by atoms with Crippen molar-refractivity contribution in [1.29, 1.82) is 0 Å². The second kappa shape index (κ2) is 6.65. The minimum absolute atomic E-state index is 0.0750. The third-order valence-corrected chi connectivity index (χ3v) is 2.78. The second-order valence-corrected chi connectivity index (χ2v) is 4.46. The summed E-state index contributed by atoms with van der Waals surface area (Å²) in [5.41, 5.74) is 1.71. The van der Waals surface area contributed by atoms with Gasteiger partial charge in [0.1, 0.15) is 6.54 Å². The molecular weight excluding hydrogens is 272 g/mol. The van der Waals surface area contributed by atoms with Crippen molar-refractivity contribution in [3.8, 4) is 0 Å². The smallest absolute Gasteiger partial charge is 0.330 e. The predicted octanol–water partition coefficient (Wildman–Crippen LogP) is 0.585. The Bertz CT molecular complexity index is 691. The number of aryl methyl sites for hydroxylation is 1. The molecule has 0 atom stereocenters. The molecule has 2 aromatic heterocycles. The number of carbonyl (C=O) groups is 2. The number of nitrogens with zero attached hydrogens (tertiary/aromatic N) is 3. The summed E-state index contributed by atoms with van der Waals surface area (Å²) in [5.74, 6) is -0.668. The zero-order valence-corrected chi connectivity index (χ0v) is 11.9. The first-order valence-corrected chi connectivity index (χ1v) is 6.39. The van der Waals surface area contributed by atoms with E-state index >= 15 is 0 Å². The molecule has 7 heteroatoms. The van der Waals surface area contributed by atoms with Crippen LogP contribution < -0.4 is 5.32 Å². The number of amides is 1. The highest BCUT2D eigenvalue weighted by molar-refractivity contribution is 5.82. The van der Waals surface area contributed by atoms with Gasteiger partial charge in [-0.3, -0.25) is 4.79 Å². The first-order chi connectivity index (χ1) is 10.1. The Morgan fingerprint density at radius 2 is 2.24 bits per heavy atom. The summed E-state index contributed by atoms with van der Waals surface area (Å²) in [4.78, 5) is 26.9. The van der Waals surface area contributed by atoms with Gasteiger partial charge < -0.3 is 10.1 Å². The summed E-state index contributed by atoms with van der Waals surface area (Å²) in [6.45, 7) is 2.27. The summed E-state index contributed by atoms with van der Waals surface area (Å²) in [6, 6.07) is 1.96. The van der Waals surface area contributed by atoms with Crippen molar-refractivity contribution < 1.29 is 14.3 Å². The van der Waals surface area contributed by atoms with E-state index < -0.39 is 5.97 Å². The van der Waals surface area contributed by atoms with E-state index in [0.29, 0.717) is 5.65 Å². The van der Waals surface area contributed by atoms with E-state index in [1.54, 1.807) is 12.4 Å². The van der Waals surface area contributed by atoms with Gasteiger partial charge in [0, 0.05) is 24.2 Å². The number of nitrogens with one attached hydrogen (secondary N) is 1. The minimum atomic E-state index is -0.457. The number of methoxy groups -OCH3 is 1. The maximum Gasteiger partial charge on any atom is 0.330 e. The predicted molar refractivity (Wildman–Crippen MR) is 76.4 cm³/mol. The van der Waals surface area contributed by atoms with Crippen LogP contribution in [0.5, 0.6) is 0 Å². The average Bonchev–Trinajstić information content (AvgIpc) is 2.85. The van der Waals surface area contributed by atoms with Crippen LogP contribution in [0.2, 0.25) is 0 Å². The van der Waals surface area contributed by atoms with Gasteiger partial charge in [0.05, 0.1) is 13.3 Å². The lowest BCUT2D eigenvalue weighted by Gasteiger charge is -2.03. The molecule has 0 spiro atoms. The summed E-state index contributed by atoms with van der Waals surface area (Å²) in [6.07, 6.45) is 6.19. The number of ether oxygens (including phenoxy) is 1. The fourth-order valence-electron chi connectivity index (χ4n) is 1.79. The number of pyridine rings is 1. The number of esters is 1. The largest absolute Gasteiger partial charge is 0.466 e.